The van der Waals surface area contributed by atoms with Crippen LogP contribution < -0.4 is 0 Å². The minimum Gasteiger partial charge on any atom is -0.370 e. The molecule has 0 saturated heterocycles. The molecule has 2 atom stereocenters. The second kappa shape index (κ2) is 5.81. The predicted octanol–water partition coefficient (Wildman–Crippen LogP) is 3.59. The summed E-state index contributed by atoms with van der Waals surface area (Å²) in [5.74, 6) is 1.29. The Hall–Kier alpha value is -0.370. The van der Waals surface area contributed by atoms with Crippen LogP contribution in [0.15, 0.2) is 0 Å². The van der Waals surface area contributed by atoms with Gasteiger partial charge in [-0.3, -0.25) is 4.79 Å². The van der Waals surface area contributed by atoms with Gasteiger partial charge in [-0.2, -0.15) is 0 Å². The molecule has 0 aromatic carbocycles. The van der Waals surface area contributed by atoms with Crippen LogP contribution in [0, 0.1) is 11.8 Å². The van der Waals surface area contributed by atoms with E-state index in [4.69, 9.17) is 4.74 Å². The van der Waals surface area contributed by atoms with Gasteiger partial charge in [-0.05, 0) is 31.6 Å². The number of ether oxygens (including phenoxy) is 1. The summed E-state index contributed by atoms with van der Waals surface area (Å²) in [6.07, 6.45) is 6.19. The lowest BCUT2D eigenvalue weighted by Crippen LogP contribution is -2.44. The van der Waals surface area contributed by atoms with Gasteiger partial charge in [-0.1, -0.05) is 33.6 Å². The van der Waals surface area contributed by atoms with Crippen molar-refractivity contribution in [2.75, 3.05) is 7.11 Å². The molecule has 16 heavy (non-hydrogen) atoms. The van der Waals surface area contributed by atoms with Crippen molar-refractivity contribution in [2.45, 2.75) is 64.9 Å². The van der Waals surface area contributed by atoms with Gasteiger partial charge in [0.25, 0.3) is 0 Å². The number of hydrogen-bond donors (Lipinski definition) is 0. The van der Waals surface area contributed by atoms with Crippen molar-refractivity contribution in [3.05, 3.63) is 0 Å². The molecule has 0 bridgehead atoms. The van der Waals surface area contributed by atoms with E-state index in [1.165, 1.54) is 12.8 Å². The smallest absolute Gasteiger partial charge is 0.167 e. The number of hydrogen-bond acceptors (Lipinski definition) is 2. The van der Waals surface area contributed by atoms with Gasteiger partial charge in [0.1, 0.15) is 5.60 Å². The summed E-state index contributed by atoms with van der Waals surface area (Å²) in [5, 5.41) is 0. The van der Waals surface area contributed by atoms with E-state index < -0.39 is 5.60 Å². The molecule has 1 aliphatic carbocycles. The molecule has 1 aliphatic rings. The molecular weight excluding hydrogens is 200 g/mol. The first-order valence-electron chi connectivity index (χ1n) is 6.69. The van der Waals surface area contributed by atoms with Crippen molar-refractivity contribution >= 4 is 5.78 Å². The molecule has 0 heterocycles. The van der Waals surface area contributed by atoms with Gasteiger partial charge in [0, 0.05) is 13.0 Å². The molecule has 0 radical (unpaired) electrons. The Morgan fingerprint density at radius 2 is 1.94 bits per heavy atom. The normalized spacial score (nSPS) is 26.8. The van der Waals surface area contributed by atoms with Crippen LogP contribution in [0.4, 0.5) is 0 Å². The number of Topliss-reactive ketones (excluding diaryl/α,β-unsaturated/α-hetero) is 1. The second-order valence-corrected chi connectivity index (χ2v) is 5.24. The summed E-state index contributed by atoms with van der Waals surface area (Å²) < 4.78 is 5.54. The summed E-state index contributed by atoms with van der Waals surface area (Å²) in [6, 6.07) is 0. The van der Waals surface area contributed by atoms with E-state index in [1.807, 2.05) is 0 Å². The molecule has 1 fully saturated rings. The number of methoxy groups -OCH3 is 1. The average molecular weight is 226 g/mol. The quantitative estimate of drug-likeness (QED) is 0.716. The number of rotatable bonds is 5. The molecule has 0 spiro atoms. The lowest BCUT2D eigenvalue weighted by Gasteiger charge is -2.35. The minimum atomic E-state index is -0.512. The zero-order valence-electron chi connectivity index (χ0n) is 11.2. The molecule has 2 unspecified atom stereocenters. The van der Waals surface area contributed by atoms with E-state index in [1.54, 1.807) is 7.11 Å². The van der Waals surface area contributed by atoms with E-state index >= 15 is 0 Å². The first kappa shape index (κ1) is 13.7. The molecule has 0 aromatic heterocycles. The van der Waals surface area contributed by atoms with Gasteiger partial charge >= 0.3 is 0 Å². The summed E-state index contributed by atoms with van der Waals surface area (Å²) in [7, 11) is 1.68. The molecule has 0 N–H and O–H groups in total. The second-order valence-electron chi connectivity index (χ2n) is 5.24. The van der Waals surface area contributed by atoms with Crippen LogP contribution in [0.2, 0.25) is 0 Å². The molecule has 0 aromatic rings. The zero-order chi connectivity index (χ0) is 12.2. The maximum Gasteiger partial charge on any atom is 0.167 e. The lowest BCUT2D eigenvalue weighted by molar-refractivity contribution is -0.148. The van der Waals surface area contributed by atoms with Crippen LogP contribution in [0.3, 0.4) is 0 Å². The van der Waals surface area contributed by atoms with Gasteiger partial charge in [0.2, 0.25) is 0 Å². The molecule has 1 saturated carbocycles. The zero-order valence-corrected chi connectivity index (χ0v) is 11.2. The Morgan fingerprint density at radius 3 is 2.38 bits per heavy atom. The molecule has 0 aliphatic heterocycles. The minimum absolute atomic E-state index is 0.239. The molecule has 2 heteroatoms. The summed E-state index contributed by atoms with van der Waals surface area (Å²) in [5.41, 5.74) is -0.512. The predicted molar refractivity (Wildman–Crippen MR) is 66.5 cm³/mol. The Labute approximate surface area is 99.8 Å². The van der Waals surface area contributed by atoms with Crippen LogP contribution in [0.25, 0.3) is 0 Å². The molecule has 1 rings (SSSR count). The van der Waals surface area contributed by atoms with Gasteiger partial charge in [-0.15, -0.1) is 0 Å². The Bertz CT molecular complexity index is 223. The highest BCUT2D eigenvalue weighted by Crippen LogP contribution is 2.34. The van der Waals surface area contributed by atoms with Gasteiger partial charge in [-0.25, -0.2) is 0 Å². The monoisotopic (exact) mass is 226 g/mol. The average Bonchev–Trinajstić information content (AvgIpc) is 2.32. The summed E-state index contributed by atoms with van der Waals surface area (Å²) in [4.78, 5) is 12.5. The van der Waals surface area contributed by atoms with E-state index in [9.17, 15) is 4.79 Å². The highest BCUT2D eigenvalue weighted by molar-refractivity contribution is 5.89. The first-order chi connectivity index (χ1) is 7.59. The van der Waals surface area contributed by atoms with E-state index in [0.717, 1.165) is 25.7 Å². The topological polar surface area (TPSA) is 26.3 Å². The SMILES string of the molecule is CCC(CC)(OC)C(=O)C1CCCC(C)C1. The summed E-state index contributed by atoms with van der Waals surface area (Å²) >= 11 is 0. The molecular formula is C14H26O2. The highest BCUT2D eigenvalue weighted by atomic mass is 16.5. The fourth-order valence-corrected chi connectivity index (χ4v) is 3.03. The number of ketones is 1. The van der Waals surface area contributed by atoms with Crippen molar-refractivity contribution in [1.82, 2.24) is 0 Å². The van der Waals surface area contributed by atoms with E-state index in [0.29, 0.717) is 11.7 Å². The van der Waals surface area contributed by atoms with Gasteiger partial charge in [0.05, 0.1) is 0 Å². The standard InChI is InChI=1S/C14H26O2/c1-5-14(6-2,16-4)13(15)12-9-7-8-11(3)10-12/h11-12H,5-10H2,1-4H3. The van der Waals surface area contributed by atoms with Crippen LogP contribution in [0.1, 0.15) is 59.3 Å². The Kier molecular flexibility index (Phi) is 4.97. The van der Waals surface area contributed by atoms with Crippen molar-refractivity contribution < 1.29 is 9.53 Å². The van der Waals surface area contributed by atoms with Crippen molar-refractivity contribution in [2.24, 2.45) is 11.8 Å². The number of carbonyl (C=O) groups is 1. The number of carbonyl (C=O) groups excluding carboxylic acids is 1. The van der Waals surface area contributed by atoms with Crippen LogP contribution in [-0.2, 0) is 9.53 Å². The van der Waals surface area contributed by atoms with Gasteiger partial charge in [0.15, 0.2) is 5.78 Å². The fraction of sp³-hybridized carbons (Fsp3) is 0.929. The third-order valence-electron chi connectivity index (χ3n) is 4.29. The van der Waals surface area contributed by atoms with E-state index in [2.05, 4.69) is 20.8 Å². The van der Waals surface area contributed by atoms with Crippen molar-refractivity contribution in [1.29, 1.82) is 0 Å². The molecule has 2 nitrogen and oxygen atoms in total. The molecule has 0 amide bonds. The van der Waals surface area contributed by atoms with Crippen molar-refractivity contribution in [3.63, 3.8) is 0 Å². The van der Waals surface area contributed by atoms with Crippen LogP contribution in [0.5, 0.6) is 0 Å². The maximum absolute atomic E-state index is 12.5. The first-order valence-corrected chi connectivity index (χ1v) is 6.69. The highest BCUT2D eigenvalue weighted by Gasteiger charge is 2.40. The third kappa shape index (κ3) is 2.65. The maximum atomic E-state index is 12.5. The largest absolute Gasteiger partial charge is 0.370 e. The van der Waals surface area contributed by atoms with E-state index in [-0.39, 0.29) is 5.92 Å². The molecule has 94 valence electrons. The van der Waals surface area contributed by atoms with Gasteiger partial charge < -0.3 is 4.74 Å². The Balaban J connectivity index is 2.74. The van der Waals surface area contributed by atoms with Crippen LogP contribution >= 0.6 is 0 Å². The Morgan fingerprint density at radius 1 is 1.31 bits per heavy atom. The third-order valence-corrected chi connectivity index (χ3v) is 4.29. The summed E-state index contributed by atoms with van der Waals surface area (Å²) in [6.45, 7) is 6.36. The van der Waals surface area contributed by atoms with Crippen molar-refractivity contribution in [3.8, 4) is 0 Å². The fourth-order valence-electron chi connectivity index (χ4n) is 3.03. The lowest BCUT2D eigenvalue weighted by atomic mass is 9.74. The van der Waals surface area contributed by atoms with Crippen LogP contribution in [-0.4, -0.2) is 18.5 Å².